The normalized spacial score (nSPS) is 17.0. The molecule has 0 atom stereocenters. The molecule has 0 bridgehead atoms. The number of imidazole rings is 1. The number of rotatable bonds is 2. The number of hydrogen-bond acceptors (Lipinski definition) is 3. The Morgan fingerprint density at radius 1 is 1.12 bits per heavy atom. The molecule has 4 aromatic rings. The van der Waals surface area contributed by atoms with Crippen molar-refractivity contribution in [3.8, 4) is 0 Å². The van der Waals surface area contributed by atoms with E-state index < -0.39 is 0 Å². The van der Waals surface area contributed by atoms with Crippen molar-refractivity contribution in [2.75, 3.05) is 0 Å². The van der Waals surface area contributed by atoms with Crippen LogP contribution in [0, 0.1) is 0 Å². The molecule has 3 aromatic heterocycles. The Hall–Kier alpha value is -2.40. The fourth-order valence-electron chi connectivity index (χ4n) is 3.89. The van der Waals surface area contributed by atoms with Crippen LogP contribution in [0.2, 0.25) is 0 Å². The number of nitrogens with zero attached hydrogens (tertiary/aromatic N) is 3. The predicted molar refractivity (Wildman–Crippen MR) is 102 cm³/mol. The van der Waals surface area contributed by atoms with E-state index in [0.29, 0.717) is 6.04 Å². The number of benzene rings is 1. The molecular formula is C20H19N3OS. The summed E-state index contributed by atoms with van der Waals surface area (Å²) in [6.45, 7) is 0. The number of aromatic nitrogens is 3. The second-order valence-corrected chi connectivity index (χ2v) is 7.83. The molecular weight excluding hydrogens is 330 g/mol. The molecule has 0 saturated heterocycles. The quantitative estimate of drug-likeness (QED) is 0.553. The predicted octanol–water partition coefficient (Wildman–Crippen LogP) is 3.76. The van der Waals surface area contributed by atoms with Gasteiger partial charge >= 0.3 is 0 Å². The van der Waals surface area contributed by atoms with Gasteiger partial charge in [0.05, 0.1) is 15.6 Å². The second kappa shape index (κ2) is 5.85. The highest BCUT2D eigenvalue weighted by Crippen LogP contribution is 2.28. The molecule has 0 aliphatic heterocycles. The molecule has 1 saturated carbocycles. The summed E-state index contributed by atoms with van der Waals surface area (Å²) in [7, 11) is 0. The van der Waals surface area contributed by atoms with Gasteiger partial charge in [0.15, 0.2) is 4.96 Å². The van der Waals surface area contributed by atoms with Crippen LogP contribution in [-0.2, 0) is 0 Å². The third-order valence-corrected chi connectivity index (χ3v) is 6.15. The van der Waals surface area contributed by atoms with Gasteiger partial charge in [-0.25, -0.2) is 9.38 Å². The van der Waals surface area contributed by atoms with E-state index in [1.54, 1.807) is 4.40 Å². The Morgan fingerprint density at radius 2 is 1.96 bits per heavy atom. The van der Waals surface area contributed by atoms with E-state index in [0.717, 1.165) is 26.1 Å². The Bertz CT molecular complexity index is 1160. The minimum absolute atomic E-state index is 0.0270. The summed E-state index contributed by atoms with van der Waals surface area (Å²) >= 11 is 1.46. The fourth-order valence-corrected chi connectivity index (χ4v) is 4.87. The Balaban J connectivity index is 1.57. The highest BCUT2D eigenvalue weighted by Gasteiger charge is 2.15. The minimum atomic E-state index is 0.0270. The Kier molecular flexibility index (Phi) is 3.48. The van der Waals surface area contributed by atoms with Crippen molar-refractivity contribution in [1.29, 1.82) is 0 Å². The molecule has 0 spiro atoms. The lowest BCUT2D eigenvalue weighted by atomic mass is 9.95. The Labute approximate surface area is 149 Å². The van der Waals surface area contributed by atoms with Gasteiger partial charge in [-0.05, 0) is 42.7 Å². The van der Waals surface area contributed by atoms with Crippen molar-refractivity contribution in [1.82, 2.24) is 14.0 Å². The number of hydrogen-bond donors (Lipinski definition) is 0. The smallest absolute Gasteiger partial charge is 0.274 e. The zero-order valence-electron chi connectivity index (χ0n) is 13.9. The standard InChI is InChI=1S/C20H19N3OS/c24-19-18(25-20-21-16-8-4-5-9-17(16)23(19)20)12-14-10-11-22(13-14)15-6-2-1-3-7-15/h4-5,8-13,15H,1-3,6-7H2/b18-12+. The maximum Gasteiger partial charge on any atom is 0.274 e. The van der Waals surface area contributed by atoms with E-state index in [2.05, 4.69) is 28.0 Å². The lowest BCUT2D eigenvalue weighted by Crippen LogP contribution is -2.22. The molecule has 1 aliphatic rings. The van der Waals surface area contributed by atoms with Crippen molar-refractivity contribution in [2.45, 2.75) is 38.1 Å². The molecule has 1 aliphatic carbocycles. The molecule has 0 unspecified atom stereocenters. The number of fused-ring (bicyclic) bond motifs is 3. The van der Waals surface area contributed by atoms with Crippen LogP contribution < -0.4 is 10.1 Å². The molecule has 126 valence electrons. The summed E-state index contributed by atoms with van der Waals surface area (Å²) in [6, 6.07) is 10.5. The van der Waals surface area contributed by atoms with Crippen LogP contribution in [0.4, 0.5) is 0 Å². The third kappa shape index (κ3) is 2.50. The molecule has 5 rings (SSSR count). The van der Waals surface area contributed by atoms with E-state index in [4.69, 9.17) is 0 Å². The van der Waals surface area contributed by atoms with Gasteiger partial charge in [0.2, 0.25) is 0 Å². The van der Waals surface area contributed by atoms with Crippen LogP contribution in [0.3, 0.4) is 0 Å². The average molecular weight is 349 g/mol. The molecule has 1 fully saturated rings. The molecule has 5 heteroatoms. The van der Waals surface area contributed by atoms with Gasteiger partial charge in [0.25, 0.3) is 5.56 Å². The monoisotopic (exact) mass is 349 g/mol. The van der Waals surface area contributed by atoms with Crippen molar-refractivity contribution < 1.29 is 0 Å². The fraction of sp³-hybridized carbons (Fsp3) is 0.300. The van der Waals surface area contributed by atoms with E-state index in [9.17, 15) is 4.79 Å². The summed E-state index contributed by atoms with van der Waals surface area (Å²) in [5.41, 5.74) is 2.88. The largest absolute Gasteiger partial charge is 0.351 e. The van der Waals surface area contributed by atoms with Crippen LogP contribution >= 0.6 is 11.3 Å². The van der Waals surface area contributed by atoms with Crippen LogP contribution in [0.25, 0.3) is 22.1 Å². The molecule has 0 N–H and O–H groups in total. The molecule has 25 heavy (non-hydrogen) atoms. The lowest BCUT2D eigenvalue weighted by molar-refractivity contribution is 0.354. The first kappa shape index (κ1) is 14.9. The Morgan fingerprint density at radius 3 is 2.84 bits per heavy atom. The number of thiazole rings is 1. The van der Waals surface area contributed by atoms with Gasteiger partial charge in [0, 0.05) is 18.4 Å². The van der Waals surface area contributed by atoms with Gasteiger partial charge in [-0.1, -0.05) is 42.7 Å². The second-order valence-electron chi connectivity index (χ2n) is 6.82. The zero-order chi connectivity index (χ0) is 16.8. The average Bonchev–Trinajstić information content (AvgIpc) is 3.32. The molecule has 3 heterocycles. The molecule has 0 radical (unpaired) electrons. The summed E-state index contributed by atoms with van der Waals surface area (Å²) in [4.78, 5) is 18.2. The van der Waals surface area contributed by atoms with Crippen LogP contribution in [0.15, 0.2) is 47.5 Å². The molecule has 4 nitrogen and oxygen atoms in total. The third-order valence-electron chi connectivity index (χ3n) is 5.18. The van der Waals surface area contributed by atoms with E-state index in [-0.39, 0.29) is 5.56 Å². The minimum Gasteiger partial charge on any atom is -0.351 e. The highest BCUT2D eigenvalue weighted by atomic mass is 32.1. The van der Waals surface area contributed by atoms with Crippen LogP contribution in [-0.4, -0.2) is 14.0 Å². The molecule has 0 amide bonds. The van der Waals surface area contributed by atoms with Gasteiger partial charge in [-0.3, -0.25) is 4.79 Å². The van der Waals surface area contributed by atoms with Gasteiger partial charge in [0.1, 0.15) is 0 Å². The lowest BCUT2D eigenvalue weighted by Gasteiger charge is -2.23. The van der Waals surface area contributed by atoms with Gasteiger partial charge < -0.3 is 4.57 Å². The van der Waals surface area contributed by atoms with Crippen LogP contribution in [0.5, 0.6) is 0 Å². The van der Waals surface area contributed by atoms with Crippen molar-refractivity contribution in [2.24, 2.45) is 0 Å². The summed E-state index contributed by atoms with van der Waals surface area (Å²) in [5, 5.41) is 0. The first-order valence-electron chi connectivity index (χ1n) is 8.89. The van der Waals surface area contributed by atoms with E-state index in [1.165, 1.54) is 43.4 Å². The SMILES string of the molecule is O=c1/c(=C\c2ccn(C3CCCCC3)c2)sc2nc3ccccc3n12. The highest BCUT2D eigenvalue weighted by molar-refractivity contribution is 7.15. The first-order chi connectivity index (χ1) is 12.3. The van der Waals surface area contributed by atoms with E-state index in [1.807, 2.05) is 30.3 Å². The maximum atomic E-state index is 12.8. The molecule has 1 aromatic carbocycles. The summed E-state index contributed by atoms with van der Waals surface area (Å²) < 4.78 is 4.79. The van der Waals surface area contributed by atoms with Crippen molar-refractivity contribution in [3.05, 3.63) is 63.2 Å². The van der Waals surface area contributed by atoms with E-state index >= 15 is 0 Å². The zero-order valence-corrected chi connectivity index (χ0v) is 14.7. The van der Waals surface area contributed by atoms with Crippen molar-refractivity contribution in [3.63, 3.8) is 0 Å². The number of para-hydroxylation sites is 2. The van der Waals surface area contributed by atoms with Gasteiger partial charge in [-0.2, -0.15) is 0 Å². The summed E-state index contributed by atoms with van der Waals surface area (Å²) in [6.07, 6.45) is 12.9. The maximum absolute atomic E-state index is 12.8. The van der Waals surface area contributed by atoms with Crippen LogP contribution in [0.1, 0.15) is 43.7 Å². The first-order valence-corrected chi connectivity index (χ1v) is 9.70. The topological polar surface area (TPSA) is 39.3 Å². The summed E-state index contributed by atoms with van der Waals surface area (Å²) in [5.74, 6) is 0. The van der Waals surface area contributed by atoms with Crippen molar-refractivity contribution >= 4 is 33.4 Å². The van der Waals surface area contributed by atoms with Gasteiger partial charge in [-0.15, -0.1) is 0 Å².